The van der Waals surface area contributed by atoms with Crippen LogP contribution in [0.4, 0.5) is 5.82 Å². The maximum absolute atomic E-state index is 4.67. The molecule has 0 saturated carbocycles. The lowest BCUT2D eigenvalue weighted by Crippen LogP contribution is -2.04. The van der Waals surface area contributed by atoms with Crippen molar-refractivity contribution in [2.75, 3.05) is 11.9 Å². The Kier molecular flexibility index (Phi) is 4.01. The Morgan fingerprint density at radius 3 is 2.81 bits per heavy atom. The van der Waals surface area contributed by atoms with Gasteiger partial charge in [0.15, 0.2) is 5.82 Å². The van der Waals surface area contributed by atoms with Gasteiger partial charge in [-0.15, -0.1) is 0 Å². The van der Waals surface area contributed by atoms with Crippen molar-refractivity contribution in [1.29, 1.82) is 0 Å². The average molecular weight is 390 g/mol. The van der Waals surface area contributed by atoms with E-state index in [1.54, 1.807) is 0 Å². The molecule has 21 heavy (non-hydrogen) atoms. The highest BCUT2D eigenvalue weighted by atomic mass is 127. The van der Waals surface area contributed by atoms with Crippen LogP contribution in [0.2, 0.25) is 0 Å². The fourth-order valence-corrected chi connectivity index (χ4v) is 2.73. The molecule has 0 spiro atoms. The van der Waals surface area contributed by atoms with Gasteiger partial charge in [0.05, 0.1) is 9.09 Å². The Balaban J connectivity index is 2.22. The molecule has 0 aliphatic rings. The number of aromatic nitrogens is 3. The van der Waals surface area contributed by atoms with Gasteiger partial charge in [0.2, 0.25) is 0 Å². The summed E-state index contributed by atoms with van der Waals surface area (Å²) in [6, 6.07) is 10.1. The van der Waals surface area contributed by atoms with Crippen molar-refractivity contribution in [3.05, 3.63) is 45.8 Å². The van der Waals surface area contributed by atoms with E-state index in [0.717, 1.165) is 43.9 Å². The molecular weight excluding hydrogens is 375 g/mol. The van der Waals surface area contributed by atoms with Crippen molar-refractivity contribution in [3.8, 4) is 11.4 Å². The Hall–Kier alpha value is -1.76. The second kappa shape index (κ2) is 5.93. The van der Waals surface area contributed by atoms with E-state index in [-0.39, 0.29) is 0 Å². The van der Waals surface area contributed by atoms with Gasteiger partial charge < -0.3 is 5.32 Å². The number of hydrogen-bond donors (Lipinski definition) is 1. The zero-order valence-electron chi connectivity index (χ0n) is 11.9. The minimum absolute atomic E-state index is 0.730. The average Bonchev–Trinajstić information content (AvgIpc) is 2.49. The number of pyridine rings is 1. The van der Waals surface area contributed by atoms with Crippen molar-refractivity contribution >= 4 is 39.3 Å². The second-order valence-corrected chi connectivity index (χ2v) is 5.91. The van der Waals surface area contributed by atoms with Crippen LogP contribution in [0.3, 0.4) is 0 Å². The first-order valence-corrected chi connectivity index (χ1v) is 7.90. The van der Waals surface area contributed by atoms with E-state index in [4.69, 9.17) is 0 Å². The molecule has 0 unspecified atom stereocenters. The van der Waals surface area contributed by atoms with Gasteiger partial charge in [0.1, 0.15) is 5.82 Å². The Bertz CT molecular complexity index is 801. The minimum atomic E-state index is 0.730. The van der Waals surface area contributed by atoms with Gasteiger partial charge in [-0.3, -0.25) is 4.98 Å². The van der Waals surface area contributed by atoms with Crippen LogP contribution in [0, 0.1) is 10.5 Å². The molecule has 0 fully saturated rings. The molecule has 3 aromatic rings. The van der Waals surface area contributed by atoms with Gasteiger partial charge in [0.25, 0.3) is 0 Å². The lowest BCUT2D eigenvalue weighted by Gasteiger charge is -2.10. The van der Waals surface area contributed by atoms with Crippen LogP contribution >= 0.6 is 22.6 Å². The summed E-state index contributed by atoms with van der Waals surface area (Å²) < 4.78 is 1.02. The highest BCUT2D eigenvalue weighted by Crippen LogP contribution is 2.27. The normalized spacial score (nSPS) is 10.8. The van der Waals surface area contributed by atoms with Crippen LogP contribution in [0.25, 0.3) is 22.3 Å². The standard InChI is InChI=1S/C16H15IN4/c1-3-18-16-13(17)9-19-15(21-16)12-8-10(2)20-14-7-5-4-6-11(12)14/h4-9H,3H2,1-2H3,(H,18,19,21). The van der Waals surface area contributed by atoms with Gasteiger partial charge in [0, 0.05) is 29.4 Å². The summed E-state index contributed by atoms with van der Waals surface area (Å²) in [5.74, 6) is 1.61. The number of anilines is 1. The molecule has 1 aromatic carbocycles. The number of fused-ring (bicyclic) bond motifs is 1. The maximum atomic E-state index is 4.67. The smallest absolute Gasteiger partial charge is 0.162 e. The van der Waals surface area contributed by atoms with Gasteiger partial charge in [-0.2, -0.15) is 0 Å². The molecular formula is C16H15IN4. The third kappa shape index (κ3) is 2.83. The molecule has 0 amide bonds. The topological polar surface area (TPSA) is 50.7 Å². The van der Waals surface area contributed by atoms with Crippen LogP contribution in [0.5, 0.6) is 0 Å². The maximum Gasteiger partial charge on any atom is 0.162 e. The van der Waals surface area contributed by atoms with Crippen molar-refractivity contribution < 1.29 is 0 Å². The number of para-hydroxylation sites is 1. The SMILES string of the molecule is CCNc1nc(-c2cc(C)nc3ccccc23)ncc1I. The van der Waals surface area contributed by atoms with E-state index in [9.17, 15) is 0 Å². The third-order valence-electron chi connectivity index (χ3n) is 3.17. The molecule has 4 nitrogen and oxygen atoms in total. The first-order chi connectivity index (χ1) is 10.2. The van der Waals surface area contributed by atoms with Gasteiger partial charge in [-0.25, -0.2) is 9.97 Å². The van der Waals surface area contributed by atoms with Crippen molar-refractivity contribution in [1.82, 2.24) is 15.0 Å². The molecule has 2 aromatic heterocycles. The number of aryl methyl sites for hydroxylation is 1. The fourth-order valence-electron chi connectivity index (χ4n) is 2.28. The molecule has 5 heteroatoms. The van der Waals surface area contributed by atoms with E-state index >= 15 is 0 Å². The number of nitrogens with zero attached hydrogens (tertiary/aromatic N) is 3. The summed E-state index contributed by atoms with van der Waals surface area (Å²) in [6.45, 7) is 4.89. The van der Waals surface area contributed by atoms with E-state index in [0.29, 0.717) is 0 Å². The first kappa shape index (κ1) is 14.2. The van der Waals surface area contributed by atoms with E-state index in [2.05, 4.69) is 55.8 Å². The molecule has 0 aliphatic heterocycles. The first-order valence-electron chi connectivity index (χ1n) is 6.82. The molecule has 0 saturated heterocycles. The monoisotopic (exact) mass is 390 g/mol. The summed E-state index contributed by atoms with van der Waals surface area (Å²) in [5, 5.41) is 4.35. The predicted octanol–water partition coefficient (Wildman–Crippen LogP) is 4.04. The summed E-state index contributed by atoms with van der Waals surface area (Å²) >= 11 is 2.24. The Labute approximate surface area is 137 Å². The highest BCUT2D eigenvalue weighted by molar-refractivity contribution is 14.1. The summed E-state index contributed by atoms with van der Waals surface area (Å²) in [7, 11) is 0. The van der Waals surface area contributed by atoms with E-state index in [1.807, 2.05) is 37.4 Å². The van der Waals surface area contributed by atoms with Crippen LogP contribution in [-0.4, -0.2) is 21.5 Å². The van der Waals surface area contributed by atoms with Crippen LogP contribution in [-0.2, 0) is 0 Å². The summed E-state index contributed by atoms with van der Waals surface area (Å²) in [4.78, 5) is 13.7. The summed E-state index contributed by atoms with van der Waals surface area (Å²) in [5.41, 5.74) is 2.96. The van der Waals surface area contributed by atoms with Crippen LogP contribution < -0.4 is 5.32 Å². The van der Waals surface area contributed by atoms with Crippen molar-refractivity contribution in [3.63, 3.8) is 0 Å². The largest absolute Gasteiger partial charge is 0.369 e. The van der Waals surface area contributed by atoms with Gasteiger partial charge in [-0.1, -0.05) is 18.2 Å². The molecule has 3 rings (SSSR count). The molecule has 2 heterocycles. The third-order valence-corrected chi connectivity index (χ3v) is 3.96. The number of hydrogen-bond acceptors (Lipinski definition) is 4. The number of nitrogens with one attached hydrogen (secondary N) is 1. The summed E-state index contributed by atoms with van der Waals surface area (Å²) in [6.07, 6.45) is 1.85. The van der Waals surface area contributed by atoms with Crippen LogP contribution in [0.1, 0.15) is 12.6 Å². The fraction of sp³-hybridized carbons (Fsp3) is 0.188. The Morgan fingerprint density at radius 1 is 1.19 bits per heavy atom. The zero-order valence-corrected chi connectivity index (χ0v) is 14.0. The molecule has 0 aliphatic carbocycles. The zero-order chi connectivity index (χ0) is 14.8. The van der Waals surface area contributed by atoms with Gasteiger partial charge >= 0.3 is 0 Å². The minimum Gasteiger partial charge on any atom is -0.369 e. The van der Waals surface area contributed by atoms with Crippen molar-refractivity contribution in [2.24, 2.45) is 0 Å². The van der Waals surface area contributed by atoms with E-state index in [1.165, 1.54) is 0 Å². The number of halogens is 1. The molecule has 0 atom stereocenters. The predicted molar refractivity (Wildman–Crippen MR) is 94.4 cm³/mol. The lowest BCUT2D eigenvalue weighted by atomic mass is 10.1. The number of rotatable bonds is 3. The lowest BCUT2D eigenvalue weighted by molar-refractivity contribution is 1.10. The molecule has 1 N–H and O–H groups in total. The van der Waals surface area contributed by atoms with E-state index < -0.39 is 0 Å². The van der Waals surface area contributed by atoms with Crippen LogP contribution in [0.15, 0.2) is 36.5 Å². The quantitative estimate of drug-likeness (QED) is 0.686. The second-order valence-electron chi connectivity index (χ2n) is 4.75. The highest BCUT2D eigenvalue weighted by Gasteiger charge is 2.11. The van der Waals surface area contributed by atoms with Gasteiger partial charge in [-0.05, 0) is 48.6 Å². The molecule has 0 bridgehead atoms. The van der Waals surface area contributed by atoms with Crippen molar-refractivity contribution in [2.45, 2.75) is 13.8 Å². The number of benzene rings is 1. The molecule has 106 valence electrons. The Morgan fingerprint density at radius 2 is 2.00 bits per heavy atom. The molecule has 0 radical (unpaired) electrons.